The van der Waals surface area contributed by atoms with Gasteiger partial charge in [0.25, 0.3) is 5.69 Å². The number of nitro benzene ring substituents is 1. The molecular formula is C16H14N4O6S. The van der Waals surface area contributed by atoms with Crippen molar-refractivity contribution in [2.45, 2.75) is 5.92 Å². The van der Waals surface area contributed by atoms with Crippen molar-refractivity contribution in [3.63, 3.8) is 0 Å². The van der Waals surface area contributed by atoms with E-state index in [9.17, 15) is 29.8 Å². The number of para-hydroxylation sites is 1. The summed E-state index contributed by atoms with van der Waals surface area (Å²) in [7, 11) is 1.07. The lowest BCUT2D eigenvalue weighted by molar-refractivity contribution is -0.385. The van der Waals surface area contributed by atoms with Gasteiger partial charge in [-0.1, -0.05) is 30.0 Å². The van der Waals surface area contributed by atoms with Crippen molar-refractivity contribution in [1.29, 1.82) is 5.26 Å². The lowest BCUT2D eigenvalue weighted by Gasteiger charge is -2.30. The molecule has 1 aromatic rings. The number of nitriles is 1. The highest BCUT2D eigenvalue weighted by Crippen LogP contribution is 2.43. The van der Waals surface area contributed by atoms with E-state index in [1.807, 2.05) is 6.07 Å². The summed E-state index contributed by atoms with van der Waals surface area (Å²) in [6.07, 6.45) is 0. The predicted molar refractivity (Wildman–Crippen MR) is 93.8 cm³/mol. The number of rotatable bonds is 6. The second kappa shape index (κ2) is 8.33. The molecule has 27 heavy (non-hydrogen) atoms. The number of carbonyl (C=O) groups is 3. The quantitative estimate of drug-likeness (QED) is 0.307. The molecule has 0 spiro atoms. The topological polar surface area (TPSA) is 165 Å². The van der Waals surface area contributed by atoms with Crippen molar-refractivity contribution in [1.82, 2.24) is 5.32 Å². The van der Waals surface area contributed by atoms with E-state index in [1.165, 1.54) is 24.3 Å². The van der Waals surface area contributed by atoms with Crippen LogP contribution in [0.25, 0.3) is 0 Å². The molecule has 2 atom stereocenters. The summed E-state index contributed by atoms with van der Waals surface area (Å²) < 4.78 is 4.66. The smallest absolute Gasteiger partial charge is 0.319 e. The Morgan fingerprint density at radius 2 is 2.11 bits per heavy atom. The summed E-state index contributed by atoms with van der Waals surface area (Å²) in [6, 6.07) is 7.38. The maximum atomic E-state index is 12.5. The van der Waals surface area contributed by atoms with E-state index in [4.69, 9.17) is 5.73 Å². The van der Waals surface area contributed by atoms with Crippen LogP contribution < -0.4 is 11.1 Å². The number of methoxy groups -OCH3 is 1. The molecule has 0 fully saturated rings. The highest BCUT2D eigenvalue weighted by atomic mass is 32.2. The number of hydrogen-bond donors (Lipinski definition) is 2. The molecule has 1 aromatic carbocycles. The molecule has 11 heteroatoms. The predicted octanol–water partition coefficient (Wildman–Crippen LogP) is 0.551. The fraction of sp³-hybridized carbons (Fsp3) is 0.250. The summed E-state index contributed by atoms with van der Waals surface area (Å²) in [5.74, 6) is -5.39. The molecule has 2 amide bonds. The number of primary amides is 1. The molecular weight excluding hydrogens is 376 g/mol. The van der Waals surface area contributed by atoms with Crippen molar-refractivity contribution in [2.75, 3.05) is 12.9 Å². The number of allylic oxidation sites excluding steroid dienone is 1. The van der Waals surface area contributed by atoms with Crippen LogP contribution in [0.3, 0.4) is 0 Å². The Morgan fingerprint density at radius 3 is 2.67 bits per heavy atom. The van der Waals surface area contributed by atoms with Crippen molar-refractivity contribution < 1.29 is 24.0 Å². The Morgan fingerprint density at radius 1 is 1.44 bits per heavy atom. The summed E-state index contributed by atoms with van der Waals surface area (Å²) in [4.78, 5) is 46.5. The van der Waals surface area contributed by atoms with Crippen LogP contribution in [0.4, 0.5) is 5.69 Å². The molecule has 1 aliphatic rings. The van der Waals surface area contributed by atoms with Gasteiger partial charge in [-0.05, 0) is 0 Å². The number of nitrogens with two attached hydrogens (primary N) is 1. The number of nitrogens with one attached hydrogen (secondary N) is 1. The largest absolute Gasteiger partial charge is 0.468 e. The van der Waals surface area contributed by atoms with Gasteiger partial charge in [-0.2, -0.15) is 5.26 Å². The average molecular weight is 390 g/mol. The van der Waals surface area contributed by atoms with Crippen LogP contribution in [0.2, 0.25) is 0 Å². The first-order valence-corrected chi connectivity index (χ1v) is 8.47. The maximum Gasteiger partial charge on any atom is 0.319 e. The second-order valence-electron chi connectivity index (χ2n) is 5.39. The third kappa shape index (κ3) is 4.06. The molecule has 0 aromatic heterocycles. The van der Waals surface area contributed by atoms with Crippen molar-refractivity contribution in [2.24, 2.45) is 11.7 Å². The first-order chi connectivity index (χ1) is 12.8. The highest BCUT2D eigenvalue weighted by molar-refractivity contribution is 8.03. The van der Waals surface area contributed by atoms with Crippen LogP contribution in [-0.4, -0.2) is 35.6 Å². The zero-order valence-corrected chi connectivity index (χ0v) is 14.8. The molecule has 0 aliphatic carbocycles. The Balaban J connectivity index is 2.71. The van der Waals surface area contributed by atoms with Gasteiger partial charge in [-0.15, -0.1) is 0 Å². The number of nitro groups is 1. The van der Waals surface area contributed by atoms with Gasteiger partial charge >= 0.3 is 5.97 Å². The van der Waals surface area contributed by atoms with E-state index in [2.05, 4.69) is 10.1 Å². The number of esters is 1. The first kappa shape index (κ1) is 19.9. The monoisotopic (exact) mass is 390 g/mol. The van der Waals surface area contributed by atoms with E-state index in [-0.39, 0.29) is 27.6 Å². The average Bonchev–Trinajstić information content (AvgIpc) is 2.64. The summed E-state index contributed by atoms with van der Waals surface area (Å²) in [5, 5.41) is 23.5. The van der Waals surface area contributed by atoms with E-state index >= 15 is 0 Å². The molecule has 0 unspecified atom stereocenters. The fourth-order valence-corrected chi connectivity index (χ4v) is 3.50. The number of amides is 2. The van der Waals surface area contributed by atoms with Crippen LogP contribution in [0.5, 0.6) is 0 Å². The van der Waals surface area contributed by atoms with E-state index in [0.29, 0.717) is 0 Å². The number of carbonyl (C=O) groups excluding carboxylic acids is 3. The van der Waals surface area contributed by atoms with E-state index in [0.717, 1.165) is 18.9 Å². The van der Waals surface area contributed by atoms with Gasteiger partial charge in [0.2, 0.25) is 11.8 Å². The molecule has 10 nitrogen and oxygen atoms in total. The molecule has 0 radical (unpaired) electrons. The Kier molecular flexibility index (Phi) is 6.15. The van der Waals surface area contributed by atoms with Gasteiger partial charge in [-0.25, -0.2) is 0 Å². The molecule has 1 heterocycles. The Hall–Kier alpha value is -3.39. The van der Waals surface area contributed by atoms with Gasteiger partial charge in [0, 0.05) is 11.6 Å². The standard InChI is InChI=1S/C16H14N4O6S/c1-26-16(23)13-12(8-4-2-3-5-10(8)20(24)25)9(6-17)15(19-14(13)22)27-7-11(18)21/h2-5,12-13H,7H2,1H3,(H2,18,21)(H,19,22)/t12-,13+/m1/s1. The van der Waals surface area contributed by atoms with Crippen LogP contribution in [0.15, 0.2) is 34.9 Å². The molecule has 2 rings (SSSR count). The lowest BCUT2D eigenvalue weighted by Crippen LogP contribution is -2.44. The molecule has 140 valence electrons. The minimum atomic E-state index is -1.50. The molecule has 0 saturated carbocycles. The SMILES string of the molecule is COC(=O)[C@@H]1C(=O)NC(SCC(N)=O)=C(C#N)[C@H]1c1ccccc1[N+](=O)[O-]. The van der Waals surface area contributed by atoms with Crippen LogP contribution in [-0.2, 0) is 19.1 Å². The number of hydrogen-bond acceptors (Lipinski definition) is 8. The number of nitrogens with zero attached hydrogens (tertiary/aromatic N) is 2. The molecule has 0 bridgehead atoms. The molecule has 1 aliphatic heterocycles. The van der Waals surface area contributed by atoms with Gasteiger partial charge in [0.1, 0.15) is 5.92 Å². The van der Waals surface area contributed by atoms with Crippen LogP contribution in [0, 0.1) is 27.4 Å². The van der Waals surface area contributed by atoms with Crippen molar-refractivity contribution in [3.05, 3.63) is 50.5 Å². The third-order valence-electron chi connectivity index (χ3n) is 3.81. The molecule has 3 N–H and O–H groups in total. The minimum absolute atomic E-state index is 0.0153. The number of thioether (sulfide) groups is 1. The number of benzene rings is 1. The maximum absolute atomic E-state index is 12.5. The van der Waals surface area contributed by atoms with Crippen LogP contribution >= 0.6 is 11.8 Å². The summed E-state index contributed by atoms with van der Waals surface area (Å²) >= 11 is 0.805. The molecule has 0 saturated heterocycles. The minimum Gasteiger partial charge on any atom is -0.468 e. The zero-order chi connectivity index (χ0) is 20.1. The Labute approximate surface area is 157 Å². The second-order valence-corrected chi connectivity index (χ2v) is 6.38. The fourth-order valence-electron chi connectivity index (χ4n) is 2.72. The first-order valence-electron chi connectivity index (χ1n) is 7.49. The Bertz CT molecular complexity index is 891. The normalized spacial score (nSPS) is 19.0. The number of ether oxygens (including phenoxy) is 1. The van der Waals surface area contributed by atoms with Crippen LogP contribution in [0.1, 0.15) is 11.5 Å². The lowest BCUT2D eigenvalue weighted by atomic mass is 9.78. The zero-order valence-electron chi connectivity index (χ0n) is 14.0. The van der Waals surface area contributed by atoms with E-state index < -0.39 is 34.5 Å². The van der Waals surface area contributed by atoms with E-state index in [1.54, 1.807) is 0 Å². The third-order valence-corrected chi connectivity index (χ3v) is 4.85. The summed E-state index contributed by atoms with van der Waals surface area (Å²) in [5.41, 5.74) is 4.67. The van der Waals surface area contributed by atoms with Crippen molar-refractivity contribution in [3.8, 4) is 6.07 Å². The van der Waals surface area contributed by atoms with Gasteiger partial charge in [0.15, 0.2) is 0 Å². The van der Waals surface area contributed by atoms with Crippen molar-refractivity contribution >= 4 is 35.2 Å². The summed E-state index contributed by atoms with van der Waals surface area (Å²) in [6.45, 7) is 0. The van der Waals surface area contributed by atoms with Gasteiger partial charge < -0.3 is 15.8 Å². The van der Waals surface area contributed by atoms with Gasteiger partial charge in [0.05, 0.1) is 40.4 Å². The van der Waals surface area contributed by atoms with Gasteiger partial charge in [-0.3, -0.25) is 24.5 Å². The highest BCUT2D eigenvalue weighted by Gasteiger charge is 2.46.